The van der Waals surface area contributed by atoms with Crippen LogP contribution < -0.4 is 10.1 Å². The van der Waals surface area contributed by atoms with E-state index in [4.69, 9.17) is 16.3 Å². The van der Waals surface area contributed by atoms with Crippen molar-refractivity contribution in [3.63, 3.8) is 0 Å². The van der Waals surface area contributed by atoms with Crippen LogP contribution in [0, 0.1) is 13.8 Å². The summed E-state index contributed by atoms with van der Waals surface area (Å²) in [7, 11) is 0. The lowest BCUT2D eigenvalue weighted by Gasteiger charge is -2.13. The molecule has 1 N–H and O–H groups in total. The number of carbonyl (C=O) groups excluding carboxylic acids is 1. The highest BCUT2D eigenvalue weighted by Gasteiger charge is 2.13. The topological polar surface area (TPSA) is 38.3 Å². The smallest absolute Gasteiger partial charge is 0.233 e. The average molecular weight is 364 g/mol. The van der Waals surface area contributed by atoms with E-state index in [2.05, 4.69) is 18.3 Å². The first kappa shape index (κ1) is 18.7. The van der Waals surface area contributed by atoms with Gasteiger partial charge in [0.2, 0.25) is 5.91 Å². The van der Waals surface area contributed by atoms with Gasteiger partial charge < -0.3 is 10.1 Å². The summed E-state index contributed by atoms with van der Waals surface area (Å²) in [6.45, 7) is 6.90. The molecule has 0 unspecified atom stereocenters. The predicted molar refractivity (Wildman–Crippen MR) is 101 cm³/mol. The zero-order valence-electron chi connectivity index (χ0n) is 14.1. The number of hydrogen-bond donors (Lipinski definition) is 1. The quantitative estimate of drug-likeness (QED) is 0.575. The third kappa shape index (κ3) is 5.77. The molecule has 0 aliphatic carbocycles. The van der Waals surface area contributed by atoms with Gasteiger partial charge in [0.15, 0.2) is 0 Å². The fourth-order valence-electron chi connectivity index (χ4n) is 2.21. The van der Waals surface area contributed by atoms with Crippen LogP contribution in [0.3, 0.4) is 0 Å². The van der Waals surface area contributed by atoms with E-state index in [-0.39, 0.29) is 11.2 Å². The number of aryl methyl sites for hydroxylation is 2. The number of rotatable bonds is 7. The second-order valence-corrected chi connectivity index (χ2v) is 7.47. The molecular weight excluding hydrogens is 342 g/mol. The Morgan fingerprint density at radius 2 is 1.92 bits per heavy atom. The molecule has 2 aromatic carbocycles. The number of nitrogens with one attached hydrogen (secondary N) is 1. The monoisotopic (exact) mass is 363 g/mol. The molecule has 0 spiro atoms. The summed E-state index contributed by atoms with van der Waals surface area (Å²) in [6.07, 6.45) is 0. The van der Waals surface area contributed by atoms with Crippen LogP contribution in [0.25, 0.3) is 0 Å². The van der Waals surface area contributed by atoms with Gasteiger partial charge in [-0.2, -0.15) is 0 Å². The molecule has 0 bridgehead atoms. The minimum Gasteiger partial charge on any atom is -0.491 e. The van der Waals surface area contributed by atoms with Crippen LogP contribution in [0.5, 0.6) is 5.75 Å². The Kier molecular flexibility index (Phi) is 7.00. The molecule has 0 radical (unpaired) electrons. The SMILES string of the molecule is Cc1ccc(OCCNC(=O)[C@@H](C)Sc2ccc(Cl)cc2)c(C)c1. The highest BCUT2D eigenvalue weighted by atomic mass is 35.5. The Morgan fingerprint density at radius 1 is 1.21 bits per heavy atom. The Balaban J connectivity index is 1.73. The summed E-state index contributed by atoms with van der Waals surface area (Å²) in [6, 6.07) is 13.6. The van der Waals surface area contributed by atoms with Crippen LogP contribution in [0.4, 0.5) is 0 Å². The number of halogens is 1. The number of ether oxygens (including phenoxy) is 1. The molecule has 24 heavy (non-hydrogen) atoms. The van der Waals surface area contributed by atoms with E-state index in [1.165, 1.54) is 17.3 Å². The van der Waals surface area contributed by atoms with Crippen molar-refractivity contribution in [1.29, 1.82) is 0 Å². The van der Waals surface area contributed by atoms with E-state index in [1.807, 2.05) is 50.2 Å². The molecular formula is C19H22ClNO2S. The highest BCUT2D eigenvalue weighted by molar-refractivity contribution is 8.00. The maximum atomic E-state index is 12.1. The highest BCUT2D eigenvalue weighted by Crippen LogP contribution is 2.24. The van der Waals surface area contributed by atoms with Gasteiger partial charge in [0, 0.05) is 9.92 Å². The van der Waals surface area contributed by atoms with Crippen LogP contribution in [-0.4, -0.2) is 24.3 Å². The predicted octanol–water partition coefficient (Wildman–Crippen LogP) is 4.63. The average Bonchev–Trinajstić information content (AvgIpc) is 2.55. The molecule has 128 valence electrons. The normalized spacial score (nSPS) is 11.8. The van der Waals surface area contributed by atoms with Gasteiger partial charge in [-0.15, -0.1) is 11.8 Å². The second kappa shape index (κ2) is 9.00. The van der Waals surface area contributed by atoms with E-state index in [9.17, 15) is 4.79 Å². The van der Waals surface area contributed by atoms with Gasteiger partial charge in [-0.05, 0) is 56.7 Å². The third-order valence-corrected chi connectivity index (χ3v) is 4.85. The molecule has 0 aromatic heterocycles. The first-order chi connectivity index (χ1) is 11.5. The fraction of sp³-hybridized carbons (Fsp3) is 0.316. The van der Waals surface area contributed by atoms with Crippen molar-refractivity contribution in [2.75, 3.05) is 13.2 Å². The number of carbonyl (C=O) groups is 1. The minimum absolute atomic E-state index is 0.000761. The third-order valence-electron chi connectivity index (χ3n) is 3.49. The van der Waals surface area contributed by atoms with E-state index >= 15 is 0 Å². The standard InChI is InChI=1S/C19H22ClNO2S/c1-13-4-9-18(14(2)12-13)23-11-10-21-19(22)15(3)24-17-7-5-16(20)6-8-17/h4-9,12,15H,10-11H2,1-3H3,(H,21,22)/t15-/m1/s1. The molecule has 5 heteroatoms. The van der Waals surface area contributed by atoms with Crippen molar-refractivity contribution < 1.29 is 9.53 Å². The van der Waals surface area contributed by atoms with E-state index in [1.54, 1.807) is 0 Å². The molecule has 2 aromatic rings. The molecule has 0 fully saturated rings. The Hall–Kier alpha value is -1.65. The zero-order valence-corrected chi connectivity index (χ0v) is 15.7. The fourth-order valence-corrected chi connectivity index (χ4v) is 3.23. The summed E-state index contributed by atoms with van der Waals surface area (Å²) in [5.74, 6) is 0.859. The zero-order chi connectivity index (χ0) is 17.5. The summed E-state index contributed by atoms with van der Waals surface area (Å²) in [5.41, 5.74) is 2.31. The molecule has 3 nitrogen and oxygen atoms in total. The van der Waals surface area contributed by atoms with Crippen molar-refractivity contribution in [2.24, 2.45) is 0 Å². The van der Waals surface area contributed by atoms with Gasteiger partial charge in [0.05, 0.1) is 11.8 Å². The van der Waals surface area contributed by atoms with Crippen molar-refractivity contribution in [1.82, 2.24) is 5.32 Å². The van der Waals surface area contributed by atoms with Crippen LogP contribution in [0.15, 0.2) is 47.4 Å². The lowest BCUT2D eigenvalue weighted by molar-refractivity contribution is -0.120. The van der Waals surface area contributed by atoms with Crippen LogP contribution in [0.1, 0.15) is 18.1 Å². The van der Waals surface area contributed by atoms with Crippen molar-refractivity contribution in [2.45, 2.75) is 30.9 Å². The first-order valence-electron chi connectivity index (χ1n) is 7.85. The minimum atomic E-state index is -0.174. The molecule has 0 heterocycles. The number of amides is 1. The molecule has 0 saturated heterocycles. The number of thioether (sulfide) groups is 1. The van der Waals surface area contributed by atoms with Crippen molar-refractivity contribution in [3.05, 3.63) is 58.6 Å². The molecule has 0 saturated carbocycles. The molecule has 2 rings (SSSR count). The van der Waals surface area contributed by atoms with E-state index in [0.717, 1.165) is 16.2 Å². The lowest BCUT2D eigenvalue weighted by atomic mass is 10.1. The number of benzene rings is 2. The maximum absolute atomic E-state index is 12.1. The summed E-state index contributed by atoms with van der Waals surface area (Å²) in [5, 5.41) is 3.42. The van der Waals surface area contributed by atoms with Crippen LogP contribution >= 0.6 is 23.4 Å². The molecule has 0 aliphatic rings. The van der Waals surface area contributed by atoms with Crippen molar-refractivity contribution in [3.8, 4) is 5.75 Å². The van der Waals surface area contributed by atoms with Gasteiger partial charge in [0.1, 0.15) is 12.4 Å². The molecule has 1 amide bonds. The van der Waals surface area contributed by atoms with Crippen LogP contribution in [0.2, 0.25) is 5.02 Å². The summed E-state index contributed by atoms with van der Waals surface area (Å²) < 4.78 is 5.72. The summed E-state index contributed by atoms with van der Waals surface area (Å²) in [4.78, 5) is 13.1. The Labute approximate surface area is 152 Å². The Bertz CT molecular complexity index is 688. The maximum Gasteiger partial charge on any atom is 0.233 e. The Morgan fingerprint density at radius 3 is 2.58 bits per heavy atom. The largest absolute Gasteiger partial charge is 0.491 e. The van der Waals surface area contributed by atoms with E-state index < -0.39 is 0 Å². The number of hydrogen-bond acceptors (Lipinski definition) is 3. The van der Waals surface area contributed by atoms with Gasteiger partial charge in [-0.1, -0.05) is 29.3 Å². The molecule has 0 aliphatic heterocycles. The second-order valence-electron chi connectivity index (χ2n) is 5.62. The van der Waals surface area contributed by atoms with Gasteiger partial charge in [-0.3, -0.25) is 4.79 Å². The van der Waals surface area contributed by atoms with E-state index in [0.29, 0.717) is 18.2 Å². The lowest BCUT2D eigenvalue weighted by Crippen LogP contribution is -2.34. The van der Waals surface area contributed by atoms with Gasteiger partial charge in [-0.25, -0.2) is 0 Å². The summed E-state index contributed by atoms with van der Waals surface area (Å²) >= 11 is 7.37. The van der Waals surface area contributed by atoms with Crippen molar-refractivity contribution >= 4 is 29.3 Å². The molecule has 1 atom stereocenters. The van der Waals surface area contributed by atoms with Gasteiger partial charge >= 0.3 is 0 Å². The van der Waals surface area contributed by atoms with Crippen LogP contribution in [-0.2, 0) is 4.79 Å². The first-order valence-corrected chi connectivity index (χ1v) is 9.11. The van der Waals surface area contributed by atoms with Gasteiger partial charge in [0.25, 0.3) is 0 Å².